The number of rotatable bonds is 5. The third-order valence-electron chi connectivity index (χ3n) is 6.00. The molecule has 0 spiro atoms. The van der Waals surface area contributed by atoms with E-state index in [2.05, 4.69) is 10.4 Å². The SMILES string of the molecule is COc1ccc(NC(=O)c2cc(C3CC3)nc3c2c(C)nn3[C@H]2CCS(=O)(=O)C2)cc1. The zero-order valence-electron chi connectivity index (χ0n) is 17.5. The fraction of sp³-hybridized carbons (Fsp3) is 0.409. The molecule has 1 saturated carbocycles. The molecular formula is C22H24N4O4S. The zero-order valence-corrected chi connectivity index (χ0v) is 18.3. The molecular weight excluding hydrogens is 416 g/mol. The Labute approximate surface area is 180 Å². The summed E-state index contributed by atoms with van der Waals surface area (Å²) in [5.41, 5.74) is 3.33. The summed E-state index contributed by atoms with van der Waals surface area (Å²) in [7, 11) is -1.47. The van der Waals surface area contributed by atoms with Crippen LogP contribution >= 0.6 is 0 Å². The van der Waals surface area contributed by atoms with Crippen molar-refractivity contribution in [2.24, 2.45) is 0 Å². The van der Waals surface area contributed by atoms with Gasteiger partial charge in [-0.2, -0.15) is 5.10 Å². The Morgan fingerprint density at radius 3 is 2.55 bits per heavy atom. The zero-order chi connectivity index (χ0) is 21.8. The second-order valence-corrected chi connectivity index (χ2v) is 10.6. The molecule has 2 aromatic heterocycles. The van der Waals surface area contributed by atoms with Gasteiger partial charge in [-0.3, -0.25) is 4.79 Å². The molecule has 2 fully saturated rings. The van der Waals surface area contributed by atoms with Crippen molar-refractivity contribution in [1.82, 2.24) is 14.8 Å². The first-order valence-corrected chi connectivity index (χ1v) is 12.2. The smallest absolute Gasteiger partial charge is 0.256 e. The molecule has 1 aliphatic heterocycles. The number of nitrogens with zero attached hydrogens (tertiary/aromatic N) is 3. The molecule has 1 N–H and O–H groups in total. The van der Waals surface area contributed by atoms with Crippen LogP contribution in [0.25, 0.3) is 11.0 Å². The number of methoxy groups -OCH3 is 1. The summed E-state index contributed by atoms with van der Waals surface area (Å²) in [6, 6.07) is 8.77. The minimum Gasteiger partial charge on any atom is -0.497 e. The number of nitrogens with one attached hydrogen (secondary N) is 1. The van der Waals surface area contributed by atoms with Crippen molar-refractivity contribution in [3.63, 3.8) is 0 Å². The Morgan fingerprint density at radius 1 is 1.19 bits per heavy atom. The van der Waals surface area contributed by atoms with E-state index in [-0.39, 0.29) is 23.5 Å². The van der Waals surface area contributed by atoms with Crippen LogP contribution in [0.1, 0.15) is 53.0 Å². The maximum atomic E-state index is 13.3. The maximum absolute atomic E-state index is 13.3. The Balaban J connectivity index is 1.57. The van der Waals surface area contributed by atoms with Crippen molar-refractivity contribution in [1.29, 1.82) is 0 Å². The van der Waals surface area contributed by atoms with Crippen molar-refractivity contribution >= 4 is 32.5 Å². The molecule has 1 atom stereocenters. The average Bonchev–Trinajstić information content (AvgIpc) is 3.47. The fourth-order valence-corrected chi connectivity index (χ4v) is 5.89. The second kappa shape index (κ2) is 7.33. The van der Waals surface area contributed by atoms with Crippen molar-refractivity contribution in [3.05, 3.63) is 47.3 Å². The molecule has 9 heteroatoms. The second-order valence-electron chi connectivity index (χ2n) is 8.34. The minimum atomic E-state index is -3.07. The Bertz CT molecular complexity index is 1280. The highest BCUT2D eigenvalue weighted by atomic mass is 32.2. The van der Waals surface area contributed by atoms with E-state index < -0.39 is 9.84 Å². The van der Waals surface area contributed by atoms with Gasteiger partial charge in [0.2, 0.25) is 0 Å². The topological polar surface area (TPSA) is 103 Å². The molecule has 1 amide bonds. The molecule has 31 heavy (non-hydrogen) atoms. The average molecular weight is 441 g/mol. The highest BCUT2D eigenvalue weighted by Crippen LogP contribution is 2.41. The molecule has 0 unspecified atom stereocenters. The van der Waals surface area contributed by atoms with Crippen molar-refractivity contribution in [3.8, 4) is 5.75 Å². The number of carbonyl (C=O) groups is 1. The summed E-state index contributed by atoms with van der Waals surface area (Å²) in [5, 5.41) is 8.26. The number of anilines is 1. The number of benzene rings is 1. The lowest BCUT2D eigenvalue weighted by atomic mass is 10.1. The summed E-state index contributed by atoms with van der Waals surface area (Å²) >= 11 is 0. The van der Waals surface area contributed by atoms with Gasteiger partial charge in [0.25, 0.3) is 5.91 Å². The third kappa shape index (κ3) is 3.78. The quantitative estimate of drug-likeness (QED) is 0.653. The molecule has 3 heterocycles. The van der Waals surface area contributed by atoms with Crippen LogP contribution < -0.4 is 10.1 Å². The summed E-state index contributed by atoms with van der Waals surface area (Å²) in [6.07, 6.45) is 2.60. The Kier molecular flexibility index (Phi) is 4.73. The van der Waals surface area contributed by atoms with Crippen molar-refractivity contribution in [2.45, 2.75) is 38.1 Å². The number of pyridine rings is 1. The summed E-state index contributed by atoms with van der Waals surface area (Å²) in [5.74, 6) is 1.04. The highest BCUT2D eigenvalue weighted by Gasteiger charge is 2.34. The largest absolute Gasteiger partial charge is 0.497 e. The van der Waals surface area contributed by atoms with Gasteiger partial charge in [0, 0.05) is 17.3 Å². The van der Waals surface area contributed by atoms with Crippen LogP contribution in [0, 0.1) is 6.92 Å². The van der Waals surface area contributed by atoms with Crippen LogP contribution in [0.15, 0.2) is 30.3 Å². The maximum Gasteiger partial charge on any atom is 0.256 e. The van der Waals surface area contributed by atoms with E-state index in [1.54, 1.807) is 36.1 Å². The standard InChI is InChI=1S/C22H24N4O4S/c1-13-20-18(22(27)23-15-5-7-17(30-2)8-6-15)11-19(14-3-4-14)24-21(20)26(25-13)16-9-10-31(28,29)12-16/h5-8,11,14,16H,3-4,9-10,12H2,1-2H3,(H,23,27)/t16-/m0/s1. The number of aromatic nitrogens is 3. The number of amides is 1. The van der Waals surface area contributed by atoms with Crippen LogP contribution in [0.3, 0.4) is 0 Å². The van der Waals surface area contributed by atoms with Gasteiger partial charge in [0.05, 0.1) is 41.3 Å². The lowest BCUT2D eigenvalue weighted by molar-refractivity contribution is 0.102. The molecule has 1 saturated heterocycles. The molecule has 3 aromatic rings. The molecule has 0 bridgehead atoms. The number of aryl methyl sites for hydroxylation is 1. The molecule has 2 aliphatic rings. The van der Waals surface area contributed by atoms with Crippen LogP contribution in [0.4, 0.5) is 5.69 Å². The van der Waals surface area contributed by atoms with Crippen molar-refractivity contribution < 1.29 is 17.9 Å². The Morgan fingerprint density at radius 2 is 1.94 bits per heavy atom. The fourth-order valence-electron chi connectivity index (χ4n) is 4.20. The highest BCUT2D eigenvalue weighted by molar-refractivity contribution is 7.91. The van der Waals surface area contributed by atoms with E-state index in [1.807, 2.05) is 13.0 Å². The first-order valence-electron chi connectivity index (χ1n) is 10.4. The van der Waals surface area contributed by atoms with Gasteiger partial charge in [-0.1, -0.05) is 0 Å². The molecule has 162 valence electrons. The first kappa shape index (κ1) is 20.0. The van der Waals surface area contributed by atoms with Crippen LogP contribution in [0.5, 0.6) is 5.75 Å². The number of hydrogen-bond donors (Lipinski definition) is 1. The van der Waals surface area contributed by atoms with Crippen LogP contribution in [0.2, 0.25) is 0 Å². The van der Waals surface area contributed by atoms with Gasteiger partial charge >= 0.3 is 0 Å². The van der Waals surface area contributed by atoms with Gasteiger partial charge in [-0.15, -0.1) is 0 Å². The van der Waals surface area contributed by atoms with Gasteiger partial charge in [-0.25, -0.2) is 18.1 Å². The van der Waals surface area contributed by atoms with E-state index in [4.69, 9.17) is 9.72 Å². The number of sulfone groups is 1. The molecule has 5 rings (SSSR count). The summed E-state index contributed by atoms with van der Waals surface area (Å²) in [4.78, 5) is 18.1. The van der Waals surface area contributed by atoms with E-state index in [1.165, 1.54) is 0 Å². The number of carbonyl (C=O) groups excluding carboxylic acids is 1. The lowest BCUT2D eigenvalue weighted by Crippen LogP contribution is -2.15. The van der Waals surface area contributed by atoms with E-state index in [0.717, 1.165) is 18.5 Å². The monoisotopic (exact) mass is 440 g/mol. The van der Waals surface area contributed by atoms with Crippen molar-refractivity contribution in [2.75, 3.05) is 23.9 Å². The Hall–Kier alpha value is -2.94. The molecule has 0 radical (unpaired) electrons. The third-order valence-corrected chi connectivity index (χ3v) is 7.75. The van der Waals surface area contributed by atoms with E-state index >= 15 is 0 Å². The predicted octanol–water partition coefficient (Wildman–Crippen LogP) is 3.24. The first-order chi connectivity index (χ1) is 14.8. The normalized spacial score (nSPS) is 20.1. The molecule has 1 aliphatic carbocycles. The van der Waals surface area contributed by atoms with Gasteiger partial charge in [0.15, 0.2) is 15.5 Å². The number of ether oxygens (including phenoxy) is 1. The molecule has 8 nitrogen and oxygen atoms in total. The molecule has 1 aromatic carbocycles. The number of hydrogen-bond acceptors (Lipinski definition) is 6. The van der Waals surface area contributed by atoms with Gasteiger partial charge < -0.3 is 10.1 Å². The van der Waals surface area contributed by atoms with E-state index in [9.17, 15) is 13.2 Å². The van der Waals surface area contributed by atoms with Gasteiger partial charge in [-0.05, 0) is 56.5 Å². The minimum absolute atomic E-state index is 0.0614. The van der Waals surface area contributed by atoms with Gasteiger partial charge in [0.1, 0.15) is 5.75 Å². The lowest BCUT2D eigenvalue weighted by Gasteiger charge is -2.12. The van der Waals surface area contributed by atoms with Crippen LogP contribution in [-0.2, 0) is 9.84 Å². The predicted molar refractivity (Wildman–Crippen MR) is 117 cm³/mol. The number of fused-ring (bicyclic) bond motifs is 1. The summed E-state index contributed by atoms with van der Waals surface area (Å²) in [6.45, 7) is 1.84. The van der Waals surface area contributed by atoms with E-state index in [0.29, 0.717) is 46.1 Å². The summed E-state index contributed by atoms with van der Waals surface area (Å²) < 4.78 is 31.0. The van der Waals surface area contributed by atoms with Crippen LogP contribution in [-0.4, -0.2) is 47.7 Å².